The largest absolute Gasteiger partial charge is 0.481 e. The normalized spacial score (nSPS) is 25.9. The van der Waals surface area contributed by atoms with Crippen molar-refractivity contribution in [3.05, 3.63) is 35.9 Å². The van der Waals surface area contributed by atoms with E-state index < -0.39 is 16.8 Å². The second-order valence-electron chi connectivity index (χ2n) is 8.73. The van der Waals surface area contributed by atoms with E-state index in [9.17, 15) is 19.8 Å². The predicted octanol–water partition coefficient (Wildman–Crippen LogP) is 2.69. The highest BCUT2D eigenvalue weighted by Crippen LogP contribution is 2.48. The summed E-state index contributed by atoms with van der Waals surface area (Å²) in [4.78, 5) is 26.2. The van der Waals surface area contributed by atoms with Crippen LogP contribution < -0.4 is 5.32 Å². The number of urea groups is 1. The van der Waals surface area contributed by atoms with Gasteiger partial charge in [-0.25, -0.2) is 4.79 Å². The van der Waals surface area contributed by atoms with Gasteiger partial charge in [-0.05, 0) is 29.7 Å². The summed E-state index contributed by atoms with van der Waals surface area (Å²) >= 11 is 0. The fourth-order valence-electron chi connectivity index (χ4n) is 4.74. The molecule has 3 atom stereocenters. The number of carboxylic acid groups (broad SMARTS) is 1. The van der Waals surface area contributed by atoms with Gasteiger partial charge in [0, 0.05) is 32.2 Å². The van der Waals surface area contributed by atoms with Crippen LogP contribution in [-0.2, 0) is 4.79 Å². The number of benzene rings is 1. The Hall–Kier alpha value is -2.08. The van der Waals surface area contributed by atoms with Crippen LogP contribution in [0.5, 0.6) is 0 Å². The molecule has 1 unspecified atom stereocenters. The molecule has 0 aromatic heterocycles. The van der Waals surface area contributed by atoms with Gasteiger partial charge in [0.25, 0.3) is 0 Å². The zero-order valence-electron chi connectivity index (χ0n) is 16.1. The van der Waals surface area contributed by atoms with Gasteiger partial charge in [0.1, 0.15) is 0 Å². The van der Waals surface area contributed by atoms with Crippen molar-refractivity contribution in [2.75, 3.05) is 26.2 Å². The minimum absolute atomic E-state index is 0.0103. The molecule has 1 heterocycles. The SMILES string of the molecule is CC(C)(CO)C(CNC(=O)N1C[C@@H]2CCC[C@@]2(C(=O)O)C1)c1ccccc1. The van der Waals surface area contributed by atoms with Crippen molar-refractivity contribution >= 4 is 12.0 Å². The number of nitrogens with one attached hydrogen (secondary N) is 1. The predicted molar refractivity (Wildman–Crippen MR) is 102 cm³/mol. The van der Waals surface area contributed by atoms with E-state index in [4.69, 9.17) is 0 Å². The molecule has 3 N–H and O–H groups in total. The third kappa shape index (κ3) is 3.68. The van der Waals surface area contributed by atoms with Crippen LogP contribution in [-0.4, -0.2) is 53.4 Å². The number of fused-ring (bicyclic) bond motifs is 1. The fourth-order valence-corrected chi connectivity index (χ4v) is 4.74. The van der Waals surface area contributed by atoms with E-state index in [-0.39, 0.29) is 31.0 Å². The monoisotopic (exact) mass is 374 g/mol. The molecular formula is C21H30N2O4. The van der Waals surface area contributed by atoms with Crippen LogP contribution in [0.3, 0.4) is 0 Å². The molecule has 1 aliphatic heterocycles. The van der Waals surface area contributed by atoms with Crippen LogP contribution in [0, 0.1) is 16.7 Å². The van der Waals surface area contributed by atoms with Gasteiger partial charge in [-0.15, -0.1) is 0 Å². The quantitative estimate of drug-likeness (QED) is 0.714. The molecule has 3 rings (SSSR count). The van der Waals surface area contributed by atoms with Gasteiger partial charge in [0.05, 0.1) is 5.41 Å². The summed E-state index contributed by atoms with van der Waals surface area (Å²) in [5, 5.41) is 22.5. The fraction of sp³-hybridized carbons (Fsp3) is 0.619. The number of aliphatic hydroxyl groups is 1. The number of aliphatic hydroxyl groups excluding tert-OH is 1. The summed E-state index contributed by atoms with van der Waals surface area (Å²) in [7, 11) is 0. The Bertz CT molecular complexity index is 691. The number of aliphatic carboxylic acids is 1. The van der Waals surface area contributed by atoms with E-state index in [1.165, 1.54) is 0 Å². The molecule has 1 aromatic rings. The van der Waals surface area contributed by atoms with Crippen LogP contribution in [0.25, 0.3) is 0 Å². The number of likely N-dealkylation sites (tertiary alicyclic amines) is 1. The van der Waals surface area contributed by atoms with E-state index >= 15 is 0 Å². The molecule has 1 saturated carbocycles. The standard InChI is InChI=1S/C21H30N2O4/c1-20(2,14-24)17(15-7-4-3-5-8-15)11-22-19(27)23-12-16-9-6-10-21(16,13-23)18(25)26/h3-5,7-8,16-17,24H,6,9-14H2,1-2H3,(H,22,27)(H,25,26)/t16-,17?,21+/m0/s1. The number of carboxylic acids is 1. The molecular weight excluding hydrogens is 344 g/mol. The van der Waals surface area contributed by atoms with Gasteiger partial charge in [0.2, 0.25) is 0 Å². The first-order valence-corrected chi connectivity index (χ1v) is 9.72. The van der Waals surface area contributed by atoms with Gasteiger partial charge < -0.3 is 20.4 Å². The van der Waals surface area contributed by atoms with Crippen LogP contribution in [0.4, 0.5) is 4.79 Å². The third-order valence-electron chi connectivity index (χ3n) is 6.59. The summed E-state index contributed by atoms with van der Waals surface area (Å²) in [5.41, 5.74) is -0.0870. The summed E-state index contributed by atoms with van der Waals surface area (Å²) in [6.07, 6.45) is 2.45. The number of hydrogen-bond donors (Lipinski definition) is 3. The molecule has 6 nitrogen and oxygen atoms in total. The van der Waals surface area contributed by atoms with Gasteiger partial charge in [-0.1, -0.05) is 50.6 Å². The minimum Gasteiger partial charge on any atom is -0.481 e. The van der Waals surface area contributed by atoms with Crippen LogP contribution >= 0.6 is 0 Å². The Labute approximate surface area is 160 Å². The Morgan fingerprint density at radius 1 is 1.33 bits per heavy atom. The first-order chi connectivity index (χ1) is 12.8. The maximum Gasteiger partial charge on any atom is 0.317 e. The third-order valence-corrected chi connectivity index (χ3v) is 6.59. The van der Waals surface area contributed by atoms with E-state index in [0.717, 1.165) is 18.4 Å². The lowest BCUT2D eigenvalue weighted by atomic mass is 9.75. The highest BCUT2D eigenvalue weighted by Gasteiger charge is 2.55. The summed E-state index contributed by atoms with van der Waals surface area (Å²) < 4.78 is 0. The Morgan fingerprint density at radius 3 is 2.63 bits per heavy atom. The van der Waals surface area contributed by atoms with Crippen LogP contribution in [0.2, 0.25) is 0 Å². The molecule has 27 heavy (non-hydrogen) atoms. The van der Waals surface area contributed by atoms with Gasteiger partial charge >= 0.3 is 12.0 Å². The number of carbonyl (C=O) groups excluding carboxylic acids is 1. The van der Waals surface area contributed by atoms with E-state index in [1.807, 2.05) is 44.2 Å². The highest BCUT2D eigenvalue weighted by molar-refractivity contribution is 5.80. The average Bonchev–Trinajstić information content (AvgIpc) is 3.21. The molecule has 6 heteroatoms. The van der Waals surface area contributed by atoms with Gasteiger partial charge in [-0.3, -0.25) is 4.79 Å². The molecule has 1 aliphatic carbocycles. The summed E-state index contributed by atoms with van der Waals surface area (Å²) in [6.45, 7) is 5.18. The number of carbonyl (C=O) groups is 2. The maximum absolute atomic E-state index is 12.8. The minimum atomic E-state index is -0.774. The Kier molecular flexibility index (Phi) is 5.47. The van der Waals surface area contributed by atoms with Crippen molar-refractivity contribution in [3.63, 3.8) is 0 Å². The Balaban J connectivity index is 1.68. The average molecular weight is 374 g/mol. The lowest BCUT2D eigenvalue weighted by molar-refractivity contribution is -0.149. The molecule has 0 radical (unpaired) electrons. The zero-order chi connectivity index (χ0) is 19.7. The first-order valence-electron chi connectivity index (χ1n) is 9.72. The van der Waals surface area contributed by atoms with Crippen LogP contribution in [0.1, 0.15) is 44.6 Å². The molecule has 1 aromatic carbocycles. The smallest absolute Gasteiger partial charge is 0.317 e. The van der Waals surface area contributed by atoms with Crippen molar-refractivity contribution < 1.29 is 19.8 Å². The van der Waals surface area contributed by atoms with Crippen molar-refractivity contribution in [1.29, 1.82) is 0 Å². The lowest BCUT2D eigenvalue weighted by Crippen LogP contribution is -2.44. The number of amides is 2. The van der Waals surface area contributed by atoms with Crippen molar-refractivity contribution in [2.45, 2.75) is 39.0 Å². The van der Waals surface area contributed by atoms with E-state index in [0.29, 0.717) is 19.5 Å². The second kappa shape index (κ2) is 7.50. The van der Waals surface area contributed by atoms with Crippen molar-refractivity contribution in [3.8, 4) is 0 Å². The van der Waals surface area contributed by atoms with Gasteiger partial charge in [0.15, 0.2) is 0 Å². The van der Waals surface area contributed by atoms with Crippen molar-refractivity contribution in [1.82, 2.24) is 10.2 Å². The molecule has 1 saturated heterocycles. The number of hydrogen-bond acceptors (Lipinski definition) is 3. The van der Waals surface area contributed by atoms with E-state index in [1.54, 1.807) is 4.90 Å². The van der Waals surface area contributed by atoms with Gasteiger partial charge in [-0.2, -0.15) is 0 Å². The van der Waals surface area contributed by atoms with Crippen LogP contribution in [0.15, 0.2) is 30.3 Å². The first kappa shape index (κ1) is 19.7. The highest BCUT2D eigenvalue weighted by atomic mass is 16.4. The number of nitrogens with zero attached hydrogens (tertiary/aromatic N) is 1. The molecule has 0 bridgehead atoms. The molecule has 2 fully saturated rings. The second-order valence-corrected chi connectivity index (χ2v) is 8.73. The van der Waals surface area contributed by atoms with E-state index in [2.05, 4.69) is 5.32 Å². The molecule has 148 valence electrons. The maximum atomic E-state index is 12.8. The Morgan fingerprint density at radius 2 is 2.04 bits per heavy atom. The summed E-state index contributed by atoms with van der Waals surface area (Å²) in [5.74, 6) is -0.758. The zero-order valence-corrected chi connectivity index (χ0v) is 16.1. The molecule has 2 amide bonds. The van der Waals surface area contributed by atoms with Crippen molar-refractivity contribution in [2.24, 2.45) is 16.7 Å². The topological polar surface area (TPSA) is 89.9 Å². The summed E-state index contributed by atoms with van der Waals surface area (Å²) in [6, 6.07) is 9.66. The molecule has 0 spiro atoms. The lowest BCUT2D eigenvalue weighted by Gasteiger charge is -2.34. The molecule has 2 aliphatic rings. The number of rotatable bonds is 6.